The molecule has 3 nitrogen and oxygen atoms in total. The molecule has 1 aromatic rings. The van der Waals surface area contributed by atoms with E-state index >= 15 is 0 Å². The Kier molecular flexibility index (Phi) is 5.40. The lowest BCUT2D eigenvalue weighted by Gasteiger charge is -2.04. The Morgan fingerprint density at radius 1 is 1.12 bits per heavy atom. The molecule has 1 N–H and O–H groups in total. The highest BCUT2D eigenvalue weighted by molar-refractivity contribution is 6.04. The van der Waals surface area contributed by atoms with E-state index in [0.29, 0.717) is 12.0 Å². The van der Waals surface area contributed by atoms with Crippen molar-refractivity contribution < 1.29 is 9.59 Å². The predicted molar refractivity (Wildman–Crippen MR) is 67.8 cm³/mol. The van der Waals surface area contributed by atoms with Crippen LogP contribution in [0.15, 0.2) is 24.3 Å². The van der Waals surface area contributed by atoms with Crippen molar-refractivity contribution in [1.29, 1.82) is 0 Å². The second-order valence-corrected chi connectivity index (χ2v) is 4.20. The molecular formula is C14H19NO2. The van der Waals surface area contributed by atoms with E-state index in [1.807, 2.05) is 19.1 Å². The quantitative estimate of drug-likeness (QED) is 0.795. The summed E-state index contributed by atoms with van der Waals surface area (Å²) in [6.07, 6.45) is 3.35. The lowest BCUT2D eigenvalue weighted by molar-refractivity contribution is -0.120. The van der Waals surface area contributed by atoms with Crippen molar-refractivity contribution in [3.63, 3.8) is 0 Å². The van der Waals surface area contributed by atoms with Gasteiger partial charge in [0, 0.05) is 12.0 Å². The summed E-state index contributed by atoms with van der Waals surface area (Å²) in [6, 6.07) is 7.17. The summed E-state index contributed by atoms with van der Waals surface area (Å²) < 4.78 is 0. The molecule has 2 amide bonds. The average Bonchev–Trinajstić information content (AvgIpc) is 2.30. The summed E-state index contributed by atoms with van der Waals surface area (Å²) in [5, 5.41) is 2.40. The molecule has 0 atom stereocenters. The zero-order valence-corrected chi connectivity index (χ0v) is 10.5. The third kappa shape index (κ3) is 4.81. The zero-order valence-electron chi connectivity index (χ0n) is 10.5. The summed E-state index contributed by atoms with van der Waals surface area (Å²) in [7, 11) is 0. The molecule has 0 fully saturated rings. The molecule has 0 saturated carbocycles. The van der Waals surface area contributed by atoms with Crippen LogP contribution in [0.5, 0.6) is 0 Å². The standard InChI is InChI=1S/C14H19NO2/c1-3-4-5-6-13(16)15-14(17)12-9-7-11(2)8-10-12/h7-10H,3-6H2,1-2H3,(H,15,16,17). The molecule has 0 aliphatic rings. The second kappa shape index (κ2) is 6.84. The molecule has 0 aliphatic heterocycles. The van der Waals surface area contributed by atoms with E-state index in [1.165, 1.54) is 0 Å². The van der Waals surface area contributed by atoms with E-state index in [1.54, 1.807) is 12.1 Å². The van der Waals surface area contributed by atoms with Crippen LogP contribution in [-0.4, -0.2) is 11.8 Å². The lowest BCUT2D eigenvalue weighted by Crippen LogP contribution is -2.30. The largest absolute Gasteiger partial charge is 0.292 e. The maximum Gasteiger partial charge on any atom is 0.257 e. The number of unbranched alkanes of at least 4 members (excludes halogenated alkanes) is 2. The van der Waals surface area contributed by atoms with Crippen molar-refractivity contribution in [1.82, 2.24) is 5.32 Å². The number of imide groups is 1. The highest BCUT2D eigenvalue weighted by Gasteiger charge is 2.09. The first-order chi connectivity index (χ1) is 8.13. The molecular weight excluding hydrogens is 214 g/mol. The minimum Gasteiger partial charge on any atom is -0.292 e. The number of nitrogens with one attached hydrogen (secondary N) is 1. The molecule has 0 saturated heterocycles. The minimum absolute atomic E-state index is 0.191. The Morgan fingerprint density at radius 3 is 2.35 bits per heavy atom. The highest BCUT2D eigenvalue weighted by Crippen LogP contribution is 2.03. The first kappa shape index (κ1) is 13.4. The van der Waals surface area contributed by atoms with Crippen molar-refractivity contribution in [2.75, 3.05) is 0 Å². The molecule has 0 aliphatic carbocycles. The molecule has 0 unspecified atom stereocenters. The molecule has 0 radical (unpaired) electrons. The van der Waals surface area contributed by atoms with Gasteiger partial charge in [0.15, 0.2) is 0 Å². The normalized spacial score (nSPS) is 10.0. The maximum absolute atomic E-state index is 11.7. The van der Waals surface area contributed by atoms with Crippen molar-refractivity contribution >= 4 is 11.8 Å². The molecule has 0 spiro atoms. The molecule has 17 heavy (non-hydrogen) atoms. The number of carbonyl (C=O) groups excluding carboxylic acids is 2. The van der Waals surface area contributed by atoms with Crippen LogP contribution in [0.4, 0.5) is 0 Å². The summed E-state index contributed by atoms with van der Waals surface area (Å²) >= 11 is 0. The predicted octanol–water partition coefficient (Wildman–Crippen LogP) is 2.83. The number of hydrogen-bond acceptors (Lipinski definition) is 2. The van der Waals surface area contributed by atoms with Crippen LogP contribution < -0.4 is 5.32 Å². The van der Waals surface area contributed by atoms with Crippen molar-refractivity contribution in [2.45, 2.75) is 39.5 Å². The zero-order chi connectivity index (χ0) is 12.7. The Balaban J connectivity index is 2.43. The third-order valence-corrected chi connectivity index (χ3v) is 2.57. The Labute approximate surface area is 102 Å². The molecule has 0 heterocycles. The number of aryl methyl sites for hydroxylation is 1. The Hall–Kier alpha value is -1.64. The fourth-order valence-corrected chi connectivity index (χ4v) is 1.50. The van der Waals surface area contributed by atoms with Crippen molar-refractivity contribution in [2.24, 2.45) is 0 Å². The van der Waals surface area contributed by atoms with Crippen LogP contribution in [-0.2, 0) is 4.79 Å². The lowest BCUT2D eigenvalue weighted by atomic mass is 10.1. The molecule has 3 heteroatoms. The van der Waals surface area contributed by atoms with Crippen LogP contribution in [0.25, 0.3) is 0 Å². The van der Waals surface area contributed by atoms with Gasteiger partial charge in [0.25, 0.3) is 5.91 Å². The monoisotopic (exact) mass is 233 g/mol. The molecule has 0 bridgehead atoms. The van der Waals surface area contributed by atoms with Gasteiger partial charge < -0.3 is 0 Å². The molecule has 92 valence electrons. The first-order valence-corrected chi connectivity index (χ1v) is 6.04. The second-order valence-electron chi connectivity index (χ2n) is 4.20. The number of rotatable bonds is 5. The van der Waals surface area contributed by atoms with Crippen molar-refractivity contribution in [3.05, 3.63) is 35.4 Å². The smallest absolute Gasteiger partial charge is 0.257 e. The fraction of sp³-hybridized carbons (Fsp3) is 0.429. The van der Waals surface area contributed by atoms with Gasteiger partial charge in [-0.25, -0.2) is 0 Å². The van der Waals surface area contributed by atoms with Gasteiger partial charge >= 0.3 is 0 Å². The van der Waals surface area contributed by atoms with Crippen LogP contribution in [0, 0.1) is 6.92 Å². The van der Waals surface area contributed by atoms with Gasteiger partial charge in [-0.1, -0.05) is 37.5 Å². The van der Waals surface area contributed by atoms with Gasteiger partial charge in [-0.15, -0.1) is 0 Å². The fourth-order valence-electron chi connectivity index (χ4n) is 1.50. The van der Waals surface area contributed by atoms with Crippen LogP contribution in [0.2, 0.25) is 0 Å². The highest BCUT2D eigenvalue weighted by atomic mass is 16.2. The number of benzene rings is 1. The van der Waals surface area contributed by atoms with Crippen LogP contribution >= 0.6 is 0 Å². The van der Waals surface area contributed by atoms with Crippen LogP contribution in [0.3, 0.4) is 0 Å². The van der Waals surface area contributed by atoms with Gasteiger partial charge in [-0.3, -0.25) is 14.9 Å². The van der Waals surface area contributed by atoms with E-state index in [2.05, 4.69) is 12.2 Å². The van der Waals surface area contributed by atoms with E-state index in [9.17, 15) is 9.59 Å². The SMILES string of the molecule is CCCCCC(=O)NC(=O)c1ccc(C)cc1. The van der Waals surface area contributed by atoms with E-state index in [4.69, 9.17) is 0 Å². The third-order valence-electron chi connectivity index (χ3n) is 2.57. The summed E-state index contributed by atoms with van der Waals surface area (Å²) in [5.74, 6) is -0.504. The molecule has 0 aromatic heterocycles. The minimum atomic E-state index is -0.313. The maximum atomic E-state index is 11.7. The number of hydrogen-bond donors (Lipinski definition) is 1. The summed E-state index contributed by atoms with van der Waals surface area (Å²) in [4.78, 5) is 23.1. The average molecular weight is 233 g/mol. The van der Waals surface area contributed by atoms with Gasteiger partial charge in [-0.2, -0.15) is 0 Å². The molecule has 1 aromatic carbocycles. The Bertz CT molecular complexity index is 382. The van der Waals surface area contributed by atoms with Gasteiger partial charge in [0.05, 0.1) is 0 Å². The van der Waals surface area contributed by atoms with Gasteiger partial charge in [0.2, 0.25) is 5.91 Å². The number of amides is 2. The first-order valence-electron chi connectivity index (χ1n) is 6.04. The van der Waals surface area contributed by atoms with Gasteiger partial charge in [-0.05, 0) is 25.5 Å². The van der Waals surface area contributed by atoms with E-state index in [0.717, 1.165) is 24.8 Å². The van der Waals surface area contributed by atoms with Gasteiger partial charge in [0.1, 0.15) is 0 Å². The van der Waals surface area contributed by atoms with E-state index < -0.39 is 0 Å². The van der Waals surface area contributed by atoms with Crippen LogP contribution in [0.1, 0.15) is 48.5 Å². The molecule has 1 rings (SSSR count). The van der Waals surface area contributed by atoms with E-state index in [-0.39, 0.29) is 11.8 Å². The summed E-state index contributed by atoms with van der Waals surface area (Å²) in [6.45, 7) is 4.03. The topological polar surface area (TPSA) is 46.2 Å². The Morgan fingerprint density at radius 2 is 1.76 bits per heavy atom. The van der Waals surface area contributed by atoms with Crippen molar-refractivity contribution in [3.8, 4) is 0 Å². The number of carbonyl (C=O) groups is 2. The summed E-state index contributed by atoms with van der Waals surface area (Å²) in [5.41, 5.74) is 1.62.